The Morgan fingerprint density at radius 3 is 1.71 bits per heavy atom. The molecule has 0 saturated carbocycles. The van der Waals surface area contributed by atoms with Gasteiger partial charge in [0.1, 0.15) is 24.7 Å². The number of halogens is 3. The van der Waals surface area contributed by atoms with Crippen LogP contribution in [-0.2, 0) is 49.5 Å². The fourth-order valence-corrected chi connectivity index (χ4v) is 3.27. The molecule has 22 heteroatoms. The first-order chi connectivity index (χ1) is 21.3. The number of hydrogen-bond acceptors (Lipinski definition) is 13. The Bertz CT molecular complexity index is 1590. The Hall–Kier alpha value is -1.97. The molecule has 0 saturated heterocycles. The minimum Gasteiger partial charge on any atom is -1.00 e. The Labute approximate surface area is 364 Å². The van der Waals surface area contributed by atoms with Crippen LogP contribution >= 0.6 is 11.6 Å². The summed E-state index contributed by atoms with van der Waals surface area (Å²) >= 11 is 5.47. The third-order valence-electron chi connectivity index (χ3n) is 5.37. The summed E-state index contributed by atoms with van der Waals surface area (Å²) in [6.45, 7) is -0.699. The number of carbonyl (C=O) groups excluding carboxylic acids is 1. The van der Waals surface area contributed by atoms with Gasteiger partial charge < -0.3 is 51.9 Å². The van der Waals surface area contributed by atoms with E-state index >= 15 is 0 Å². The van der Waals surface area contributed by atoms with Gasteiger partial charge in [0, 0.05) is 0 Å². The molecular weight excluding hydrogens is 724 g/mol. The van der Waals surface area contributed by atoms with E-state index in [1.165, 1.54) is 58.9 Å². The zero-order chi connectivity index (χ0) is 34.1. The molecule has 254 valence electrons. The van der Waals surface area contributed by atoms with Gasteiger partial charge >= 0.3 is 115 Å². The summed E-state index contributed by atoms with van der Waals surface area (Å²) in [6.07, 6.45) is 2.70. The first-order valence-electron chi connectivity index (χ1n) is 12.0. The van der Waals surface area contributed by atoms with Gasteiger partial charge in [-0.25, -0.2) is 17.9 Å². The van der Waals surface area contributed by atoms with Crippen LogP contribution in [0.15, 0.2) is 48.8 Å². The van der Waals surface area contributed by atoms with Gasteiger partial charge in [-0.1, -0.05) is 29.5 Å². The van der Waals surface area contributed by atoms with Crippen LogP contribution in [0.2, 0.25) is 0 Å². The second-order valence-electron chi connectivity index (χ2n) is 8.21. The number of aromatic hydroxyl groups is 1. The van der Waals surface area contributed by atoms with E-state index in [4.69, 9.17) is 41.7 Å². The van der Waals surface area contributed by atoms with Crippen molar-refractivity contribution in [2.24, 2.45) is 14.1 Å². The Kier molecular flexibility index (Phi) is 28.2. The summed E-state index contributed by atoms with van der Waals surface area (Å²) in [7, 11) is 3.04. The van der Waals surface area contributed by atoms with Crippen LogP contribution in [0, 0.1) is 31.9 Å². The topological polar surface area (TPSA) is 241 Å². The standard InChI is InChI=1S/C12H12FN3O4.C7H7FO2.C5H6ClN3O2.CH2O3.CH4.2K.H/c1-15-9(5-14-12(15)16(18)19)7-20-11-3-2-8(6-17)4-10(11)13;8-6-3-5(4-9)1-2-7(6)10;1-8-4(2-6)3-7-5(8)9(10)11;2-1-4-3;;;;/h2-5,17H,6-7H2,1H3;1-3,9-10H,4H2;3H,2H2,1H3;1,3H;1H4;;;/q;;;;;2*+1;-1/p-1. The molecule has 0 spiro atoms. The third kappa shape index (κ3) is 16.6. The van der Waals surface area contributed by atoms with Crippen molar-refractivity contribution in [1.29, 1.82) is 0 Å². The molecule has 0 radical (unpaired) electrons. The van der Waals surface area contributed by atoms with E-state index in [2.05, 4.69) is 14.9 Å². The molecule has 0 unspecified atom stereocenters. The van der Waals surface area contributed by atoms with E-state index in [9.17, 15) is 29.0 Å². The number of rotatable bonds is 9. The Morgan fingerprint density at radius 1 is 0.917 bits per heavy atom. The second-order valence-corrected chi connectivity index (χ2v) is 8.48. The maximum Gasteiger partial charge on any atom is 1.00 e. The number of ether oxygens (including phenoxy) is 1. The molecule has 0 bridgehead atoms. The van der Waals surface area contributed by atoms with Gasteiger partial charge in [-0.3, -0.25) is 4.79 Å². The Morgan fingerprint density at radius 2 is 1.35 bits per heavy atom. The molecule has 48 heavy (non-hydrogen) atoms. The van der Waals surface area contributed by atoms with Crippen molar-refractivity contribution in [1.82, 2.24) is 19.1 Å². The van der Waals surface area contributed by atoms with Crippen LogP contribution in [0.25, 0.3) is 0 Å². The molecule has 4 rings (SSSR count). The van der Waals surface area contributed by atoms with Gasteiger partial charge in [0.05, 0.1) is 33.2 Å². The van der Waals surface area contributed by atoms with Crippen molar-refractivity contribution in [2.75, 3.05) is 0 Å². The fourth-order valence-electron chi connectivity index (χ4n) is 3.03. The number of phenolic OH excluding ortho intramolecular Hbond substituents is 1. The van der Waals surface area contributed by atoms with Crippen molar-refractivity contribution < 1.29 is 158 Å². The number of aromatic nitrogens is 4. The first-order valence-corrected chi connectivity index (χ1v) is 12.6. The molecule has 0 amide bonds. The van der Waals surface area contributed by atoms with Crippen molar-refractivity contribution >= 4 is 30.0 Å². The van der Waals surface area contributed by atoms with Gasteiger partial charge in [0.2, 0.25) is 0 Å². The van der Waals surface area contributed by atoms with E-state index in [1.54, 1.807) is 7.05 Å². The number of aliphatic hydroxyl groups is 2. The van der Waals surface area contributed by atoms with E-state index in [0.717, 1.165) is 6.07 Å². The van der Waals surface area contributed by atoms with Crippen LogP contribution in [0.3, 0.4) is 0 Å². The van der Waals surface area contributed by atoms with Crippen LogP contribution in [0.4, 0.5) is 20.7 Å². The summed E-state index contributed by atoms with van der Waals surface area (Å²) in [5, 5.41) is 55.3. The number of imidazole rings is 2. The molecular formula is C26H31ClF2K2N6O11. The van der Waals surface area contributed by atoms with Crippen LogP contribution in [0.5, 0.6) is 11.5 Å². The van der Waals surface area contributed by atoms with Gasteiger partial charge in [0.25, 0.3) is 6.47 Å². The molecule has 0 aliphatic heterocycles. The average molecular weight is 755 g/mol. The molecule has 0 aliphatic carbocycles. The molecule has 2 aromatic carbocycles. The fraction of sp³-hybridized carbons (Fsp3) is 0.269. The summed E-state index contributed by atoms with van der Waals surface area (Å²) in [5.41, 5.74) is 1.97. The minimum absolute atomic E-state index is 0. The molecule has 0 atom stereocenters. The quantitative estimate of drug-likeness (QED) is 0.0382. The van der Waals surface area contributed by atoms with Gasteiger partial charge in [-0.2, -0.15) is 0 Å². The van der Waals surface area contributed by atoms with Crippen molar-refractivity contribution in [3.63, 3.8) is 0 Å². The summed E-state index contributed by atoms with van der Waals surface area (Å²) in [5.74, 6) is -1.94. The molecule has 17 nitrogen and oxygen atoms in total. The van der Waals surface area contributed by atoms with Gasteiger partial charge in [-0.05, 0) is 45.2 Å². The zero-order valence-electron chi connectivity index (χ0n) is 26.4. The summed E-state index contributed by atoms with van der Waals surface area (Å²) in [6, 6.07) is 7.85. The largest absolute Gasteiger partial charge is 1.00 e. The Balaban J connectivity index is -0.000000301. The second kappa shape index (κ2) is 26.8. The minimum atomic E-state index is -0.702. The van der Waals surface area contributed by atoms with E-state index < -0.39 is 27.2 Å². The number of alkyl halides is 1. The number of nitro groups is 2. The van der Waals surface area contributed by atoms with Crippen LogP contribution in [0.1, 0.15) is 31.4 Å². The normalized spacial score (nSPS) is 9.17. The van der Waals surface area contributed by atoms with Gasteiger partial charge in [-0.15, -0.1) is 11.6 Å². The number of phenols is 1. The molecule has 0 fully saturated rings. The predicted molar refractivity (Wildman–Crippen MR) is 155 cm³/mol. The maximum atomic E-state index is 13.6. The van der Waals surface area contributed by atoms with E-state index in [0.29, 0.717) is 22.5 Å². The molecule has 2 heterocycles. The number of hydrogen-bond donors (Lipinski definition) is 3. The van der Waals surface area contributed by atoms with Crippen molar-refractivity contribution in [2.45, 2.75) is 33.1 Å². The van der Waals surface area contributed by atoms with Crippen LogP contribution < -0.4 is 113 Å². The molecule has 3 N–H and O–H groups in total. The molecule has 4 aromatic rings. The summed E-state index contributed by atoms with van der Waals surface area (Å²) in [4.78, 5) is 38.2. The average Bonchev–Trinajstić information content (AvgIpc) is 3.60. The van der Waals surface area contributed by atoms with E-state index in [-0.39, 0.29) is 161 Å². The number of benzene rings is 2. The molecule has 2 aromatic heterocycles. The zero-order valence-corrected chi connectivity index (χ0v) is 32.5. The van der Waals surface area contributed by atoms with E-state index in [1.807, 2.05) is 0 Å². The monoisotopic (exact) mass is 754 g/mol. The summed E-state index contributed by atoms with van der Waals surface area (Å²) < 4.78 is 33.9. The predicted octanol–water partition coefficient (Wildman–Crippen LogP) is -3.18. The first kappa shape index (κ1) is 50.4. The third-order valence-corrected chi connectivity index (χ3v) is 5.65. The number of nitrogens with zero attached hydrogens (tertiary/aromatic N) is 6. The SMILES string of the molecule is C.Cn1c(CCl)cnc1[N+](=O)[O-].Cn1c(COc2ccc(CO)cc2F)cnc1[N+](=O)[O-].O=CO[O-].OCc1ccc(O)c(F)c1.[H-].[K+].[K+]. The smallest absolute Gasteiger partial charge is 1.00 e. The van der Waals surface area contributed by atoms with Crippen molar-refractivity contribution in [3.05, 3.63) is 103 Å². The number of carbonyl (C=O) groups is 1. The number of aliphatic hydroxyl groups excluding tert-OH is 2. The van der Waals surface area contributed by atoms with Crippen molar-refractivity contribution in [3.8, 4) is 11.5 Å². The van der Waals surface area contributed by atoms with Crippen LogP contribution in [-0.4, -0.2) is 50.7 Å². The van der Waals surface area contributed by atoms with Gasteiger partial charge in [0.15, 0.2) is 28.8 Å². The molecule has 0 aliphatic rings. The maximum absolute atomic E-state index is 13.6.